The highest BCUT2D eigenvalue weighted by Crippen LogP contribution is 2.35. The first kappa shape index (κ1) is 16.5. The molecule has 1 saturated carbocycles. The van der Waals surface area contributed by atoms with E-state index in [2.05, 4.69) is 35.6 Å². The van der Waals surface area contributed by atoms with Gasteiger partial charge in [0.2, 0.25) is 17.5 Å². The van der Waals surface area contributed by atoms with Crippen molar-refractivity contribution in [3.05, 3.63) is 60.1 Å². The number of fused-ring (bicyclic) bond motifs is 1. The molecule has 4 aromatic rings. The molecule has 0 saturated heterocycles. The smallest absolute Gasteiger partial charge is 0.243 e. The largest absolute Gasteiger partial charge is 0.367 e. The predicted molar refractivity (Wildman–Crippen MR) is 99.9 cm³/mol. The molecule has 3 heterocycles. The summed E-state index contributed by atoms with van der Waals surface area (Å²) >= 11 is 0. The first-order valence-electron chi connectivity index (χ1n) is 9.12. The summed E-state index contributed by atoms with van der Waals surface area (Å²) in [5.74, 6) is 1.26. The van der Waals surface area contributed by atoms with Crippen LogP contribution in [-0.4, -0.2) is 42.1 Å². The molecule has 9 heteroatoms. The molecule has 1 aromatic carbocycles. The lowest BCUT2D eigenvalue weighted by atomic mass is 10.1. The Labute approximate surface area is 159 Å². The number of benzene rings is 1. The summed E-state index contributed by atoms with van der Waals surface area (Å²) in [5.41, 5.74) is 1.25. The number of rotatable bonds is 5. The molecule has 28 heavy (non-hydrogen) atoms. The van der Waals surface area contributed by atoms with Crippen LogP contribution in [0.2, 0.25) is 0 Å². The van der Waals surface area contributed by atoms with Crippen LogP contribution in [0.15, 0.2) is 47.4 Å². The molecule has 0 aliphatic heterocycles. The number of hydrogen-bond donors (Lipinski definition) is 2. The molecule has 0 amide bonds. The van der Waals surface area contributed by atoms with Crippen molar-refractivity contribution >= 4 is 22.6 Å². The fourth-order valence-corrected chi connectivity index (χ4v) is 3.62. The molecular weight excluding hydrogens is 358 g/mol. The number of nitrogens with one attached hydrogen (secondary N) is 2. The Bertz CT molecular complexity index is 1120. The van der Waals surface area contributed by atoms with Crippen molar-refractivity contribution in [1.82, 2.24) is 30.3 Å². The van der Waals surface area contributed by atoms with Gasteiger partial charge in [0.15, 0.2) is 5.65 Å². The van der Waals surface area contributed by atoms with E-state index in [9.17, 15) is 4.79 Å². The molecule has 0 bridgehead atoms. The topological polar surface area (TPSA) is 122 Å². The molecule has 2 N–H and O–H groups in total. The lowest BCUT2D eigenvalue weighted by Gasteiger charge is -2.13. The monoisotopic (exact) mass is 375 g/mol. The summed E-state index contributed by atoms with van der Waals surface area (Å²) in [6.07, 6.45) is 5.89. The predicted octanol–water partition coefficient (Wildman–Crippen LogP) is 2.72. The third-order valence-corrected chi connectivity index (χ3v) is 5.05. The Morgan fingerprint density at radius 2 is 2.07 bits per heavy atom. The quantitative estimate of drug-likeness (QED) is 0.511. The van der Waals surface area contributed by atoms with Crippen molar-refractivity contribution in [2.45, 2.75) is 31.2 Å². The van der Waals surface area contributed by atoms with Crippen molar-refractivity contribution in [3.63, 3.8) is 0 Å². The van der Waals surface area contributed by atoms with Crippen LogP contribution in [-0.2, 0) is 0 Å². The summed E-state index contributed by atoms with van der Waals surface area (Å²) in [6, 6.07) is 9.19. The van der Waals surface area contributed by atoms with Crippen LogP contribution < -0.4 is 5.32 Å². The molecule has 5 rings (SSSR count). The van der Waals surface area contributed by atoms with Crippen LogP contribution in [0.5, 0.6) is 0 Å². The number of carbonyl (C=O) groups excluding carboxylic acids is 1. The number of nitrogens with zero attached hydrogens (tertiary/aromatic N) is 5. The maximum atomic E-state index is 12.5. The van der Waals surface area contributed by atoms with Gasteiger partial charge in [-0.25, -0.2) is 9.97 Å². The highest BCUT2D eigenvalue weighted by molar-refractivity contribution is 6.06. The van der Waals surface area contributed by atoms with Gasteiger partial charge < -0.3 is 9.84 Å². The second-order valence-electron chi connectivity index (χ2n) is 6.86. The maximum absolute atomic E-state index is 12.5. The summed E-state index contributed by atoms with van der Waals surface area (Å²) < 4.78 is 5.40. The number of carbonyl (C=O) groups is 1. The summed E-state index contributed by atoms with van der Waals surface area (Å²) in [4.78, 5) is 25.3. The van der Waals surface area contributed by atoms with Crippen molar-refractivity contribution in [2.24, 2.45) is 0 Å². The van der Waals surface area contributed by atoms with Crippen LogP contribution in [0, 0.1) is 0 Å². The van der Waals surface area contributed by atoms with Gasteiger partial charge in [-0.15, -0.1) is 0 Å². The summed E-state index contributed by atoms with van der Waals surface area (Å²) in [5, 5.41) is 15.1. The molecule has 1 aliphatic carbocycles. The number of aromatic nitrogens is 6. The lowest BCUT2D eigenvalue weighted by Crippen LogP contribution is -2.16. The molecule has 0 unspecified atom stereocenters. The highest BCUT2D eigenvalue weighted by Gasteiger charge is 2.31. The Morgan fingerprint density at radius 1 is 1.18 bits per heavy atom. The van der Waals surface area contributed by atoms with E-state index in [-0.39, 0.29) is 23.6 Å². The summed E-state index contributed by atoms with van der Waals surface area (Å²) in [6.45, 7) is 0. The van der Waals surface area contributed by atoms with E-state index >= 15 is 0 Å². The average molecular weight is 375 g/mol. The zero-order valence-electron chi connectivity index (χ0n) is 14.9. The van der Waals surface area contributed by atoms with Crippen molar-refractivity contribution in [1.29, 1.82) is 0 Å². The Morgan fingerprint density at radius 3 is 2.96 bits per heavy atom. The van der Waals surface area contributed by atoms with Gasteiger partial charge in [0.05, 0.1) is 11.6 Å². The molecule has 0 radical (unpaired) electrons. The minimum atomic E-state index is -0.230. The third kappa shape index (κ3) is 3.00. The van der Waals surface area contributed by atoms with Gasteiger partial charge in [-0.05, 0) is 19.3 Å². The molecule has 0 spiro atoms. The highest BCUT2D eigenvalue weighted by atomic mass is 16.5. The van der Waals surface area contributed by atoms with E-state index in [1.807, 2.05) is 18.2 Å². The van der Waals surface area contributed by atoms with E-state index in [1.165, 1.54) is 6.33 Å². The fourth-order valence-electron chi connectivity index (χ4n) is 3.62. The van der Waals surface area contributed by atoms with Crippen LogP contribution in [0.4, 0.5) is 5.82 Å². The first-order valence-corrected chi connectivity index (χ1v) is 9.12. The third-order valence-electron chi connectivity index (χ3n) is 5.05. The van der Waals surface area contributed by atoms with E-state index in [0.29, 0.717) is 17.1 Å². The van der Waals surface area contributed by atoms with Gasteiger partial charge in [0, 0.05) is 17.5 Å². The van der Waals surface area contributed by atoms with Gasteiger partial charge >= 0.3 is 0 Å². The van der Waals surface area contributed by atoms with Gasteiger partial charge in [0.1, 0.15) is 12.1 Å². The zero-order chi connectivity index (χ0) is 18.9. The van der Waals surface area contributed by atoms with E-state index in [1.54, 1.807) is 18.3 Å². The Kier molecular flexibility index (Phi) is 4.04. The number of aromatic amines is 1. The van der Waals surface area contributed by atoms with E-state index in [4.69, 9.17) is 4.52 Å². The second kappa shape index (κ2) is 6.84. The van der Waals surface area contributed by atoms with Crippen LogP contribution in [0.1, 0.15) is 47.3 Å². The van der Waals surface area contributed by atoms with Crippen LogP contribution >= 0.6 is 0 Å². The van der Waals surface area contributed by atoms with Crippen LogP contribution in [0.25, 0.3) is 11.0 Å². The molecule has 3 aromatic heterocycles. The molecule has 2 atom stereocenters. The van der Waals surface area contributed by atoms with Gasteiger partial charge in [-0.3, -0.25) is 9.89 Å². The number of hydrogen-bond acceptors (Lipinski definition) is 8. The second-order valence-corrected chi connectivity index (χ2v) is 6.86. The minimum Gasteiger partial charge on any atom is -0.367 e. The Balaban J connectivity index is 1.28. The molecular formula is C19H17N7O2. The molecule has 140 valence electrons. The van der Waals surface area contributed by atoms with E-state index in [0.717, 1.165) is 30.5 Å². The van der Waals surface area contributed by atoms with E-state index < -0.39 is 0 Å². The standard InChI is InChI=1S/C19H17N7O2/c27-15(11-4-2-1-3-5-11)18-24-19(28-26-18)12-6-7-13(8-12)23-16-14-9-22-25-17(14)21-10-20-16/h1-5,9-10,12-13H,6-8H2,(H2,20,21,22,23,25)/t12-,13-/m0/s1. The molecule has 1 fully saturated rings. The normalized spacial score (nSPS) is 19.1. The number of anilines is 1. The van der Waals surface area contributed by atoms with Crippen molar-refractivity contribution in [2.75, 3.05) is 5.32 Å². The average Bonchev–Trinajstić information content (AvgIpc) is 3.48. The zero-order valence-corrected chi connectivity index (χ0v) is 14.9. The van der Waals surface area contributed by atoms with Gasteiger partial charge in [-0.2, -0.15) is 10.1 Å². The van der Waals surface area contributed by atoms with Crippen molar-refractivity contribution < 1.29 is 9.32 Å². The van der Waals surface area contributed by atoms with Gasteiger partial charge in [-0.1, -0.05) is 35.5 Å². The SMILES string of the molecule is O=C(c1ccccc1)c1noc([C@H]2CC[C@H](Nc3ncnc4[nH]ncc34)C2)n1. The molecule has 9 nitrogen and oxygen atoms in total. The fraction of sp³-hybridized carbons (Fsp3) is 0.263. The number of ketones is 1. The first-order chi connectivity index (χ1) is 13.8. The van der Waals surface area contributed by atoms with Crippen LogP contribution in [0.3, 0.4) is 0 Å². The summed E-state index contributed by atoms with van der Waals surface area (Å²) in [7, 11) is 0. The van der Waals surface area contributed by atoms with Crippen molar-refractivity contribution in [3.8, 4) is 0 Å². The minimum absolute atomic E-state index is 0.105. The lowest BCUT2D eigenvalue weighted by molar-refractivity contribution is 0.102. The number of H-pyrrole nitrogens is 1. The maximum Gasteiger partial charge on any atom is 0.243 e. The Hall–Kier alpha value is -3.62. The van der Waals surface area contributed by atoms with Gasteiger partial charge in [0.25, 0.3) is 0 Å². The molecule has 1 aliphatic rings.